The highest BCUT2D eigenvalue weighted by Crippen LogP contribution is 2.44. The van der Waals surface area contributed by atoms with Crippen molar-refractivity contribution in [3.8, 4) is 17.6 Å². The molecule has 4 fully saturated rings. The first-order chi connectivity index (χ1) is 65.5. The van der Waals surface area contributed by atoms with E-state index >= 15 is 0 Å². The number of aromatic nitrogens is 4. The Morgan fingerprint density at radius 3 is 0.809 bits per heavy atom. The van der Waals surface area contributed by atoms with Crippen LogP contribution in [0.5, 0.6) is 17.6 Å². The Labute approximate surface area is 799 Å². The molecule has 0 unspecified atom stereocenters. The molecule has 4 aromatic carbocycles. The molecule has 8 heterocycles. The van der Waals surface area contributed by atoms with Crippen LogP contribution in [0.1, 0.15) is 257 Å². The van der Waals surface area contributed by atoms with E-state index in [0.29, 0.717) is 83.9 Å². The summed E-state index contributed by atoms with van der Waals surface area (Å²) in [5.41, 5.74) is 14.7. The molecular weight excluding hydrogens is 1720 g/mol. The third-order valence-corrected chi connectivity index (χ3v) is 25.9. The van der Waals surface area contributed by atoms with E-state index < -0.39 is 0 Å². The maximum Gasteiger partial charge on any atom is 0.278 e. The van der Waals surface area contributed by atoms with Gasteiger partial charge in [0.25, 0.3) is 23.6 Å². The third kappa shape index (κ3) is 26.5. The lowest BCUT2D eigenvalue weighted by atomic mass is 9.84. The van der Waals surface area contributed by atoms with Crippen LogP contribution < -0.4 is 55.1 Å². The Hall–Kier alpha value is -12.8. The zero-order valence-electron chi connectivity index (χ0n) is 81.0. The molecule has 0 atom stereocenters. The van der Waals surface area contributed by atoms with E-state index in [4.69, 9.17) is 24.4 Å². The zero-order valence-corrected chi connectivity index (χ0v) is 81.0. The van der Waals surface area contributed by atoms with Gasteiger partial charge in [-0.05, 0) is 247 Å². The summed E-state index contributed by atoms with van der Waals surface area (Å²) in [6.45, 7) is 26.6. The molecule has 136 heavy (non-hydrogen) atoms. The fourth-order valence-electron chi connectivity index (χ4n) is 19.1. The Bertz CT molecular complexity index is 5210. The number of pyridine rings is 4. The lowest BCUT2D eigenvalue weighted by Gasteiger charge is -2.36. The highest BCUT2D eigenvalue weighted by atomic mass is 16.5. The number of aliphatic hydroxyl groups excluding tert-OH is 2. The van der Waals surface area contributed by atoms with Crippen molar-refractivity contribution in [3.63, 3.8) is 0 Å². The van der Waals surface area contributed by atoms with Crippen molar-refractivity contribution < 1.29 is 62.8 Å². The average molecular weight is 1850 g/mol. The van der Waals surface area contributed by atoms with Gasteiger partial charge in [0, 0.05) is 197 Å². The summed E-state index contributed by atoms with van der Waals surface area (Å²) in [6, 6.07) is 38.8. The van der Waals surface area contributed by atoms with Crippen LogP contribution in [0.3, 0.4) is 0 Å². The smallest absolute Gasteiger partial charge is 0.278 e. The number of rotatable bonds is 25. The van der Waals surface area contributed by atoms with Gasteiger partial charge in [-0.2, -0.15) is 20.0 Å². The van der Waals surface area contributed by atoms with E-state index in [1.807, 2.05) is 193 Å². The van der Waals surface area contributed by atoms with Gasteiger partial charge in [-0.15, -0.1) is 0 Å². The molecule has 29 heteroatoms. The fraction of sp³-hybridized carbons (Fsp3) is 0.477. The Morgan fingerprint density at radius 1 is 0.338 bits per heavy atom. The van der Waals surface area contributed by atoms with Crippen LogP contribution in [-0.4, -0.2) is 182 Å². The number of carbonyl (C=O) groups excluding carboxylic acids is 8. The lowest BCUT2D eigenvalue weighted by molar-refractivity contribution is -0.127. The van der Waals surface area contributed by atoms with Crippen LogP contribution in [-0.2, 0) is 44.9 Å². The van der Waals surface area contributed by atoms with Crippen molar-refractivity contribution in [1.82, 2.24) is 41.2 Å². The number of fused-ring (bicyclic) bond motifs is 4. The average Bonchev–Trinajstić information content (AvgIpc) is 1.61. The number of nitrogens with zero attached hydrogens (tertiary/aromatic N) is 12. The van der Waals surface area contributed by atoms with Gasteiger partial charge in [0.1, 0.15) is 36.6 Å². The Kier molecular flexibility index (Phi) is 35.3. The quantitative estimate of drug-likeness (QED) is 0.0309. The number of carbonyl (C=O) groups is 8. The summed E-state index contributed by atoms with van der Waals surface area (Å²) in [5, 5.41) is 30.4. The van der Waals surface area contributed by atoms with Crippen molar-refractivity contribution in [2.75, 3.05) is 52.6 Å². The highest BCUT2D eigenvalue weighted by molar-refractivity contribution is 6.16. The predicted octanol–water partition coefficient (Wildman–Crippen LogP) is 15.8. The molecule has 6 N–H and O–H groups in total. The number of hydrogen-bond donors (Lipinski definition) is 6. The molecule has 8 aliphatic rings. The molecule has 0 bridgehead atoms. The molecule has 16 rings (SSSR count). The monoisotopic (exact) mass is 1850 g/mol. The molecule has 720 valence electrons. The second-order valence-corrected chi connectivity index (χ2v) is 38.1. The molecule has 8 amide bonds. The second kappa shape index (κ2) is 47.6. The second-order valence-electron chi connectivity index (χ2n) is 38.1. The van der Waals surface area contributed by atoms with Crippen molar-refractivity contribution in [1.29, 1.82) is 0 Å². The number of amidine groups is 4. The summed E-state index contributed by atoms with van der Waals surface area (Å²) in [5.74, 6) is 4.01. The summed E-state index contributed by atoms with van der Waals surface area (Å²) < 4.78 is 16.9. The van der Waals surface area contributed by atoms with Gasteiger partial charge in [-0.1, -0.05) is 77.7 Å². The SMILES string of the molecule is CCCOc1cc2c(cn1)CC(=NC(=O)c1ccc(C)cc1)N2C1CCC(C(=O)NC(C)C)CC1.Cc1ccc(C(=O)N=C2Cc3cnc(OCCO)cc3N2C2CCC(C(=O)NC(C)C)CC2)cc1.Cc1ccc(C(=O)N=C2Cc3cnc(OCCO)cc3N2C2CCC(C(=O)NC(C)C)CC2)cc1.Cc1ccc(C(=O)N=C2Cc3cnccc3N2C2CCC(C(=O)NC(C)C)CC2)cc1. The molecule has 0 saturated heterocycles. The van der Waals surface area contributed by atoms with Crippen LogP contribution in [0.2, 0.25) is 0 Å². The Morgan fingerprint density at radius 2 is 0.574 bits per heavy atom. The summed E-state index contributed by atoms with van der Waals surface area (Å²) in [4.78, 5) is 146. The largest absolute Gasteiger partial charge is 0.478 e. The molecule has 8 aromatic rings. The number of hydrogen-bond acceptors (Lipinski definition) is 17. The molecule has 4 aliphatic carbocycles. The maximum atomic E-state index is 13.0. The molecule has 4 aliphatic heterocycles. The molecule has 29 nitrogen and oxygen atoms in total. The standard InChI is InChI=1S/C28H36N4O3.2C27H34N4O4.C25H30N4O2/c1-5-14-35-26-16-24-22(17-29-26)15-25(31-28(34)20-8-6-19(4)7-9-20)32(24)23-12-10-21(11-13-23)27(33)30-18(2)3;2*1-17(2)29-26(33)20-8-10-22(11-9-20)31-23-15-25(35-13-12-32)28-16-21(23)14-24(31)30-27(34)19-6-4-18(3)5-7-19;1-16(2)27-24(30)19-8-10-21(11-9-19)29-22-12-13-26-15-20(22)14-23(29)28-25(31)18-6-4-17(3)5-7-18/h6-9,16-18,21,23H,5,10-15H2,1-4H3,(H,30,33);2*4-7,15-17,20,22,32H,8-14H2,1-3H3,(H,29,33);4-7,12-13,15-16,19,21H,8-11,14H2,1-3H3,(H,27,30). The summed E-state index contributed by atoms with van der Waals surface area (Å²) in [6.07, 6.45) is 25.4. The first-order valence-electron chi connectivity index (χ1n) is 48.6. The van der Waals surface area contributed by atoms with E-state index in [1.165, 1.54) is 0 Å². The molecule has 4 aromatic heterocycles. The maximum absolute atomic E-state index is 13.0. The first kappa shape index (κ1) is 101. The van der Waals surface area contributed by atoms with Gasteiger partial charge in [0.05, 0.1) is 36.9 Å². The van der Waals surface area contributed by atoms with E-state index in [-0.39, 0.29) is 146 Å². The molecule has 0 radical (unpaired) electrons. The molecular formula is C107H134N16O13. The van der Waals surface area contributed by atoms with E-state index in [0.717, 1.165) is 188 Å². The number of ether oxygens (including phenoxy) is 3. The van der Waals surface area contributed by atoms with Gasteiger partial charge < -0.3 is 65.3 Å². The minimum absolute atomic E-state index is 0.00573. The minimum atomic E-state index is -0.271. The van der Waals surface area contributed by atoms with Gasteiger partial charge in [0.15, 0.2) is 0 Å². The number of amides is 8. The van der Waals surface area contributed by atoms with Gasteiger partial charge in [-0.3, -0.25) is 43.3 Å². The Balaban J connectivity index is 0.000000154. The number of aliphatic imine (C=N–C) groups is 4. The van der Waals surface area contributed by atoms with Gasteiger partial charge >= 0.3 is 0 Å². The van der Waals surface area contributed by atoms with Crippen molar-refractivity contribution in [2.45, 2.75) is 273 Å². The molecule has 4 saturated carbocycles. The minimum Gasteiger partial charge on any atom is -0.478 e. The van der Waals surface area contributed by atoms with E-state index in [2.05, 4.69) is 87.7 Å². The summed E-state index contributed by atoms with van der Waals surface area (Å²) in [7, 11) is 0. The number of benzene rings is 4. The highest BCUT2D eigenvalue weighted by Gasteiger charge is 2.43. The van der Waals surface area contributed by atoms with E-state index in [1.54, 1.807) is 42.9 Å². The predicted molar refractivity (Wildman–Crippen MR) is 531 cm³/mol. The van der Waals surface area contributed by atoms with Gasteiger partial charge in [0.2, 0.25) is 41.3 Å². The number of aliphatic hydroxyl groups is 2. The van der Waals surface area contributed by atoms with Crippen LogP contribution in [0.25, 0.3) is 0 Å². The fourth-order valence-corrected chi connectivity index (χ4v) is 19.1. The van der Waals surface area contributed by atoms with E-state index in [9.17, 15) is 38.4 Å². The topological polar surface area (TPSA) is 367 Å². The van der Waals surface area contributed by atoms with Crippen LogP contribution in [0.4, 0.5) is 22.7 Å². The number of anilines is 4. The van der Waals surface area contributed by atoms with Crippen LogP contribution in [0.15, 0.2) is 172 Å². The first-order valence-corrected chi connectivity index (χ1v) is 48.6. The van der Waals surface area contributed by atoms with Crippen molar-refractivity contribution >= 4 is 93.3 Å². The van der Waals surface area contributed by atoms with Crippen molar-refractivity contribution in [2.24, 2.45) is 43.6 Å². The molecule has 0 spiro atoms. The van der Waals surface area contributed by atoms with Crippen LogP contribution >= 0.6 is 0 Å². The normalized spacial score (nSPS) is 21.0. The van der Waals surface area contributed by atoms with Crippen LogP contribution in [0, 0.1) is 51.4 Å². The van der Waals surface area contributed by atoms with Gasteiger partial charge in [-0.25, -0.2) is 15.0 Å². The third-order valence-electron chi connectivity index (χ3n) is 25.9. The van der Waals surface area contributed by atoms with Crippen molar-refractivity contribution in [3.05, 3.63) is 219 Å². The summed E-state index contributed by atoms with van der Waals surface area (Å²) >= 11 is 0. The zero-order chi connectivity index (χ0) is 96.8. The number of nitrogens with one attached hydrogen (secondary N) is 4. The number of aryl methyl sites for hydroxylation is 4. The lowest BCUT2D eigenvalue weighted by Crippen LogP contribution is -2.44.